The Bertz CT molecular complexity index is 667. The smallest absolute Gasteiger partial charge is 0.172 e. The van der Waals surface area contributed by atoms with Crippen molar-refractivity contribution in [3.8, 4) is 0 Å². The number of hydrogen-bond donors (Lipinski definition) is 0. The first-order valence-corrected chi connectivity index (χ1v) is 10.1. The minimum absolute atomic E-state index is 0.0400. The fourth-order valence-corrected chi connectivity index (χ4v) is 5.07. The van der Waals surface area contributed by atoms with Gasteiger partial charge in [0.15, 0.2) is 5.78 Å². The standard InChI is InChI=1S/C21H30O2S/c1-12(2)16-10-17(13(3)4)21(18(11-16)14(5)6)24(23)20-9-15(7)8-19(20)22/h9-15H,8H2,1-7H3/t15-,24?/m1/s1. The lowest BCUT2D eigenvalue weighted by molar-refractivity contribution is -0.114. The molecule has 1 unspecified atom stereocenters. The lowest BCUT2D eigenvalue weighted by atomic mass is 9.89. The summed E-state index contributed by atoms with van der Waals surface area (Å²) in [5.41, 5.74) is 3.52. The van der Waals surface area contributed by atoms with E-state index in [9.17, 15) is 9.00 Å². The third-order valence-electron chi connectivity index (χ3n) is 4.68. The molecule has 0 aliphatic heterocycles. The molecule has 2 rings (SSSR count). The zero-order valence-corrected chi connectivity index (χ0v) is 16.8. The Balaban J connectivity index is 2.69. The van der Waals surface area contributed by atoms with Crippen molar-refractivity contribution in [2.45, 2.75) is 77.5 Å². The zero-order valence-electron chi connectivity index (χ0n) is 16.0. The van der Waals surface area contributed by atoms with E-state index in [1.165, 1.54) is 5.56 Å². The highest BCUT2D eigenvalue weighted by molar-refractivity contribution is 7.90. The fourth-order valence-electron chi connectivity index (χ4n) is 3.18. The largest absolute Gasteiger partial charge is 0.293 e. The van der Waals surface area contributed by atoms with E-state index in [0.29, 0.717) is 17.2 Å². The molecule has 0 fully saturated rings. The summed E-state index contributed by atoms with van der Waals surface area (Å²) in [7, 11) is -1.38. The van der Waals surface area contributed by atoms with Gasteiger partial charge in [0.25, 0.3) is 0 Å². The van der Waals surface area contributed by atoms with Crippen LogP contribution in [0.3, 0.4) is 0 Å². The van der Waals surface area contributed by atoms with Gasteiger partial charge in [-0.15, -0.1) is 0 Å². The van der Waals surface area contributed by atoms with E-state index in [0.717, 1.165) is 16.0 Å². The van der Waals surface area contributed by atoms with E-state index in [4.69, 9.17) is 0 Å². The molecule has 1 aromatic carbocycles. The van der Waals surface area contributed by atoms with Crippen LogP contribution in [0, 0.1) is 5.92 Å². The number of benzene rings is 1. The Kier molecular flexibility index (Phi) is 5.85. The van der Waals surface area contributed by atoms with Crippen molar-refractivity contribution >= 4 is 16.6 Å². The molecule has 0 saturated carbocycles. The van der Waals surface area contributed by atoms with Crippen molar-refractivity contribution in [3.63, 3.8) is 0 Å². The second kappa shape index (κ2) is 7.35. The topological polar surface area (TPSA) is 34.1 Å². The van der Waals surface area contributed by atoms with Crippen molar-refractivity contribution < 1.29 is 9.00 Å². The molecule has 2 atom stereocenters. The van der Waals surface area contributed by atoms with Crippen LogP contribution in [-0.2, 0) is 15.6 Å². The molecule has 0 N–H and O–H groups in total. The first-order chi connectivity index (χ1) is 11.1. The maximum Gasteiger partial charge on any atom is 0.172 e. The minimum atomic E-state index is -1.38. The van der Waals surface area contributed by atoms with Gasteiger partial charge in [-0.3, -0.25) is 4.79 Å². The van der Waals surface area contributed by atoms with E-state index in [2.05, 4.69) is 53.7 Å². The number of Topliss-reactive ketones (excluding diaryl/α,β-unsaturated/α-hetero) is 1. The first kappa shape index (κ1) is 19.1. The summed E-state index contributed by atoms with van der Waals surface area (Å²) in [6.07, 6.45) is 2.39. The Morgan fingerprint density at radius 3 is 1.79 bits per heavy atom. The summed E-state index contributed by atoms with van der Waals surface area (Å²) in [5.74, 6) is 1.20. The van der Waals surface area contributed by atoms with Gasteiger partial charge >= 0.3 is 0 Å². The SMILES string of the molecule is CC(C)c1cc(C(C)C)c(S(=O)C2=C[C@H](C)CC2=O)c(C(C)C)c1. The number of ketones is 1. The van der Waals surface area contributed by atoms with Crippen molar-refractivity contribution in [2.75, 3.05) is 0 Å². The summed E-state index contributed by atoms with van der Waals surface area (Å²) in [4.78, 5) is 13.7. The number of carbonyl (C=O) groups excluding carboxylic acids is 1. The van der Waals surface area contributed by atoms with Crippen LogP contribution < -0.4 is 0 Å². The molecular formula is C21H30O2S. The Morgan fingerprint density at radius 1 is 0.958 bits per heavy atom. The molecule has 24 heavy (non-hydrogen) atoms. The van der Waals surface area contributed by atoms with Crippen LogP contribution >= 0.6 is 0 Å². The van der Waals surface area contributed by atoms with Gasteiger partial charge in [0, 0.05) is 6.42 Å². The maximum absolute atomic E-state index is 13.4. The van der Waals surface area contributed by atoms with Crippen molar-refractivity contribution in [2.24, 2.45) is 5.92 Å². The molecule has 2 nitrogen and oxygen atoms in total. The summed E-state index contributed by atoms with van der Waals surface area (Å²) in [6.45, 7) is 14.9. The minimum Gasteiger partial charge on any atom is -0.293 e. The summed E-state index contributed by atoms with van der Waals surface area (Å²) in [6, 6.07) is 4.38. The number of allylic oxidation sites excluding steroid dienone is 2. The van der Waals surface area contributed by atoms with E-state index in [1.807, 2.05) is 13.0 Å². The predicted octanol–water partition coefficient (Wildman–Crippen LogP) is 5.66. The molecular weight excluding hydrogens is 316 g/mol. The average molecular weight is 347 g/mol. The van der Waals surface area contributed by atoms with Gasteiger partial charge in [0.2, 0.25) is 0 Å². The van der Waals surface area contributed by atoms with E-state index >= 15 is 0 Å². The third-order valence-corrected chi connectivity index (χ3v) is 6.29. The Hall–Kier alpha value is -1.22. The molecule has 132 valence electrons. The van der Waals surface area contributed by atoms with Crippen LogP contribution in [-0.4, -0.2) is 9.99 Å². The fraction of sp³-hybridized carbons (Fsp3) is 0.571. The molecule has 0 spiro atoms. The predicted molar refractivity (Wildman–Crippen MR) is 102 cm³/mol. The van der Waals surface area contributed by atoms with Crippen LogP contribution in [0.4, 0.5) is 0 Å². The van der Waals surface area contributed by atoms with Gasteiger partial charge in [-0.05, 0) is 40.4 Å². The van der Waals surface area contributed by atoms with Gasteiger partial charge in [-0.1, -0.05) is 66.7 Å². The van der Waals surface area contributed by atoms with Crippen LogP contribution in [0.5, 0.6) is 0 Å². The molecule has 1 aromatic rings. The Morgan fingerprint density at radius 2 is 1.46 bits per heavy atom. The molecule has 1 aliphatic carbocycles. The normalized spacial score (nSPS) is 19.5. The third kappa shape index (κ3) is 3.72. The second-order valence-electron chi connectivity index (χ2n) is 7.90. The Labute approximate surface area is 149 Å². The van der Waals surface area contributed by atoms with Crippen molar-refractivity contribution in [1.29, 1.82) is 0 Å². The second-order valence-corrected chi connectivity index (χ2v) is 9.28. The molecule has 0 amide bonds. The van der Waals surface area contributed by atoms with Crippen LogP contribution in [0.25, 0.3) is 0 Å². The summed E-state index contributed by atoms with van der Waals surface area (Å²) in [5, 5.41) is 0. The highest BCUT2D eigenvalue weighted by atomic mass is 32.2. The van der Waals surface area contributed by atoms with Gasteiger partial charge in [0.05, 0.1) is 20.6 Å². The zero-order chi connectivity index (χ0) is 18.2. The van der Waals surface area contributed by atoms with E-state index < -0.39 is 10.8 Å². The van der Waals surface area contributed by atoms with E-state index in [1.54, 1.807) is 0 Å². The highest BCUT2D eigenvalue weighted by Gasteiger charge is 2.30. The number of carbonyl (C=O) groups is 1. The molecule has 0 radical (unpaired) electrons. The maximum atomic E-state index is 13.4. The number of rotatable bonds is 5. The average Bonchev–Trinajstić information content (AvgIpc) is 2.83. The molecule has 0 bridgehead atoms. The highest BCUT2D eigenvalue weighted by Crippen LogP contribution is 2.37. The van der Waals surface area contributed by atoms with Gasteiger partial charge in [-0.2, -0.15) is 0 Å². The van der Waals surface area contributed by atoms with Crippen LogP contribution in [0.15, 0.2) is 28.0 Å². The lowest BCUT2D eigenvalue weighted by Gasteiger charge is -2.22. The first-order valence-electron chi connectivity index (χ1n) is 8.98. The molecule has 0 heterocycles. The number of hydrogen-bond acceptors (Lipinski definition) is 2. The molecule has 0 saturated heterocycles. The van der Waals surface area contributed by atoms with Crippen LogP contribution in [0.1, 0.15) is 89.3 Å². The summed E-state index contributed by atoms with van der Waals surface area (Å²) >= 11 is 0. The van der Waals surface area contributed by atoms with Crippen molar-refractivity contribution in [1.82, 2.24) is 0 Å². The summed E-state index contributed by atoms with van der Waals surface area (Å²) < 4.78 is 13.4. The van der Waals surface area contributed by atoms with E-state index in [-0.39, 0.29) is 23.5 Å². The quantitative estimate of drug-likeness (QED) is 0.689. The van der Waals surface area contributed by atoms with Gasteiger partial charge in [0.1, 0.15) is 0 Å². The molecule has 3 heteroatoms. The molecule has 0 aromatic heterocycles. The van der Waals surface area contributed by atoms with Gasteiger partial charge < -0.3 is 0 Å². The molecule has 1 aliphatic rings. The van der Waals surface area contributed by atoms with Crippen LogP contribution in [0.2, 0.25) is 0 Å². The lowest BCUT2D eigenvalue weighted by Crippen LogP contribution is -2.12. The van der Waals surface area contributed by atoms with Gasteiger partial charge in [-0.25, -0.2) is 4.21 Å². The monoisotopic (exact) mass is 346 g/mol. The van der Waals surface area contributed by atoms with Crippen molar-refractivity contribution in [3.05, 3.63) is 39.8 Å².